The number of thiocarbonyl (C=S) groups is 1. The number of nitrogens with one attached hydrogen (secondary N) is 1. The van der Waals surface area contributed by atoms with Gasteiger partial charge in [-0.3, -0.25) is 4.90 Å². The molecule has 0 radical (unpaired) electrons. The Bertz CT molecular complexity index is 142. The van der Waals surface area contributed by atoms with E-state index in [1.165, 1.54) is 19.5 Å². The number of nitrogens with zero attached hydrogens (tertiary/aromatic N) is 1. The molecule has 0 aromatic heterocycles. The zero-order valence-electron chi connectivity index (χ0n) is 5.26. The lowest BCUT2D eigenvalue weighted by atomic mass is 10.1. The minimum absolute atomic E-state index is 0.605. The first kappa shape index (κ1) is 5.62. The van der Waals surface area contributed by atoms with Crippen molar-refractivity contribution in [1.29, 1.82) is 0 Å². The predicted molar refractivity (Wildman–Crippen MR) is 40.6 cm³/mol. The fraction of sp³-hybridized carbons (Fsp3) is 0.833. The quantitative estimate of drug-likeness (QED) is 0.518. The Morgan fingerprint density at radius 1 is 1.56 bits per heavy atom. The van der Waals surface area contributed by atoms with Crippen LogP contribution >= 0.6 is 12.2 Å². The number of rotatable bonds is 1. The van der Waals surface area contributed by atoms with Gasteiger partial charge in [-0.15, -0.1) is 0 Å². The third kappa shape index (κ3) is 0.756. The normalized spacial score (nSPS) is 34.7. The lowest BCUT2D eigenvalue weighted by Gasteiger charge is -2.44. The van der Waals surface area contributed by atoms with Crippen LogP contribution in [0.5, 0.6) is 0 Å². The molecule has 0 spiro atoms. The van der Waals surface area contributed by atoms with E-state index in [-0.39, 0.29) is 0 Å². The summed E-state index contributed by atoms with van der Waals surface area (Å²) in [6, 6.07) is 0.605. The van der Waals surface area contributed by atoms with Gasteiger partial charge in [0.15, 0.2) is 0 Å². The molecule has 2 rings (SSSR count). The molecule has 2 heterocycles. The van der Waals surface area contributed by atoms with Crippen LogP contribution in [0, 0.1) is 0 Å². The van der Waals surface area contributed by atoms with Gasteiger partial charge in [0.25, 0.3) is 0 Å². The van der Waals surface area contributed by atoms with Gasteiger partial charge in [0.2, 0.25) is 0 Å². The number of hydrogen-bond donors (Lipinski definition) is 1. The minimum atomic E-state index is 0.605. The van der Waals surface area contributed by atoms with Gasteiger partial charge in [0.05, 0.1) is 11.0 Å². The van der Waals surface area contributed by atoms with Gasteiger partial charge in [0, 0.05) is 19.6 Å². The molecule has 0 bridgehead atoms. The van der Waals surface area contributed by atoms with Crippen molar-refractivity contribution in [2.24, 2.45) is 0 Å². The third-order valence-corrected chi connectivity index (χ3v) is 2.52. The molecule has 0 aliphatic carbocycles. The van der Waals surface area contributed by atoms with Gasteiger partial charge < -0.3 is 5.32 Å². The van der Waals surface area contributed by atoms with Gasteiger partial charge >= 0.3 is 0 Å². The van der Waals surface area contributed by atoms with Crippen LogP contribution in [-0.4, -0.2) is 35.6 Å². The Hall–Kier alpha value is -0.150. The molecule has 2 saturated heterocycles. The molecule has 1 N–H and O–H groups in total. The third-order valence-electron chi connectivity index (χ3n) is 2.10. The van der Waals surface area contributed by atoms with Crippen molar-refractivity contribution in [3.8, 4) is 0 Å². The van der Waals surface area contributed by atoms with E-state index in [4.69, 9.17) is 12.2 Å². The first-order chi connectivity index (χ1) is 4.38. The smallest absolute Gasteiger partial charge is 0.0946 e. The van der Waals surface area contributed by atoms with Gasteiger partial charge in [-0.25, -0.2) is 0 Å². The van der Waals surface area contributed by atoms with E-state index < -0.39 is 0 Å². The summed E-state index contributed by atoms with van der Waals surface area (Å²) in [7, 11) is 0. The highest BCUT2D eigenvalue weighted by Crippen LogP contribution is 2.15. The molecule has 2 aliphatic rings. The summed E-state index contributed by atoms with van der Waals surface area (Å²) in [6.45, 7) is 3.60. The van der Waals surface area contributed by atoms with Crippen LogP contribution in [0.3, 0.4) is 0 Å². The zero-order valence-corrected chi connectivity index (χ0v) is 6.08. The second-order valence-electron chi connectivity index (χ2n) is 2.65. The average molecular weight is 142 g/mol. The van der Waals surface area contributed by atoms with Gasteiger partial charge in [0.1, 0.15) is 0 Å². The monoisotopic (exact) mass is 142 g/mol. The van der Waals surface area contributed by atoms with E-state index in [0.29, 0.717) is 6.04 Å². The molecule has 0 amide bonds. The van der Waals surface area contributed by atoms with Crippen LogP contribution < -0.4 is 5.32 Å². The van der Waals surface area contributed by atoms with E-state index >= 15 is 0 Å². The van der Waals surface area contributed by atoms with Gasteiger partial charge in [-0.05, 0) is 6.42 Å². The molecule has 1 unspecified atom stereocenters. The molecule has 0 aromatic rings. The highest BCUT2D eigenvalue weighted by Gasteiger charge is 2.32. The maximum atomic E-state index is 5.03. The van der Waals surface area contributed by atoms with E-state index in [1.807, 2.05) is 0 Å². The van der Waals surface area contributed by atoms with Crippen LogP contribution in [0.25, 0.3) is 0 Å². The van der Waals surface area contributed by atoms with Crippen molar-refractivity contribution in [3.05, 3.63) is 0 Å². The van der Waals surface area contributed by atoms with Crippen molar-refractivity contribution in [1.82, 2.24) is 10.2 Å². The Kier molecular flexibility index (Phi) is 1.20. The Balaban J connectivity index is 1.90. The molecule has 9 heavy (non-hydrogen) atoms. The summed E-state index contributed by atoms with van der Waals surface area (Å²) in [5, 5.41) is 3.10. The van der Waals surface area contributed by atoms with Crippen molar-refractivity contribution >= 4 is 17.2 Å². The van der Waals surface area contributed by atoms with E-state index in [0.717, 1.165) is 11.5 Å². The molecular weight excluding hydrogens is 132 g/mol. The second-order valence-corrected chi connectivity index (χ2v) is 3.09. The summed E-state index contributed by atoms with van der Waals surface area (Å²) >= 11 is 5.03. The lowest BCUT2D eigenvalue weighted by molar-refractivity contribution is 0.140. The first-order valence-corrected chi connectivity index (χ1v) is 3.80. The molecule has 3 heteroatoms. The summed E-state index contributed by atoms with van der Waals surface area (Å²) in [6.07, 6.45) is 1.36. The lowest BCUT2D eigenvalue weighted by Crippen LogP contribution is -2.64. The predicted octanol–water partition coefficient (Wildman–Crippen LogP) is -0.00870. The molecule has 2 nitrogen and oxygen atoms in total. The standard InChI is InChI=1S/C6H10N2S/c9-6-5(4-7-6)8-2-1-3-8/h5H,1-4H2,(H,7,9). The minimum Gasteiger partial charge on any atom is -0.376 e. The van der Waals surface area contributed by atoms with Crippen LogP contribution in [-0.2, 0) is 0 Å². The summed E-state index contributed by atoms with van der Waals surface area (Å²) in [4.78, 5) is 3.48. The van der Waals surface area contributed by atoms with E-state index in [2.05, 4.69) is 10.2 Å². The average Bonchev–Trinajstić information content (AvgIpc) is 1.74. The molecule has 50 valence electrons. The molecule has 0 aromatic carbocycles. The summed E-state index contributed by atoms with van der Waals surface area (Å²) in [5.74, 6) is 0. The van der Waals surface area contributed by atoms with Crippen LogP contribution in [0.15, 0.2) is 0 Å². The molecule has 2 fully saturated rings. The highest BCUT2D eigenvalue weighted by atomic mass is 32.1. The SMILES string of the molecule is S=C1NCC1N1CCC1. The number of likely N-dealkylation sites (tertiary alicyclic amines) is 1. The summed E-state index contributed by atoms with van der Waals surface area (Å²) in [5.41, 5.74) is 0. The van der Waals surface area contributed by atoms with Gasteiger partial charge in [-0.2, -0.15) is 0 Å². The maximum Gasteiger partial charge on any atom is 0.0946 e. The van der Waals surface area contributed by atoms with Crippen LogP contribution in [0.1, 0.15) is 6.42 Å². The van der Waals surface area contributed by atoms with Crippen molar-refractivity contribution in [2.75, 3.05) is 19.6 Å². The van der Waals surface area contributed by atoms with E-state index in [1.54, 1.807) is 0 Å². The molecule has 2 aliphatic heterocycles. The fourth-order valence-electron chi connectivity index (χ4n) is 1.22. The number of hydrogen-bond acceptors (Lipinski definition) is 2. The topological polar surface area (TPSA) is 15.3 Å². The fourth-order valence-corrected chi connectivity index (χ4v) is 1.54. The van der Waals surface area contributed by atoms with Crippen molar-refractivity contribution in [2.45, 2.75) is 12.5 Å². The first-order valence-electron chi connectivity index (χ1n) is 3.40. The maximum absolute atomic E-state index is 5.03. The van der Waals surface area contributed by atoms with Crippen LogP contribution in [0.2, 0.25) is 0 Å². The van der Waals surface area contributed by atoms with Crippen molar-refractivity contribution in [3.63, 3.8) is 0 Å². The van der Waals surface area contributed by atoms with E-state index in [9.17, 15) is 0 Å². The molecule has 0 saturated carbocycles. The summed E-state index contributed by atoms with van der Waals surface area (Å²) < 4.78 is 0. The van der Waals surface area contributed by atoms with Crippen LogP contribution in [0.4, 0.5) is 0 Å². The largest absolute Gasteiger partial charge is 0.376 e. The Morgan fingerprint density at radius 2 is 2.33 bits per heavy atom. The van der Waals surface area contributed by atoms with Gasteiger partial charge in [-0.1, -0.05) is 12.2 Å². The highest BCUT2D eigenvalue weighted by molar-refractivity contribution is 7.80. The second kappa shape index (κ2) is 1.92. The van der Waals surface area contributed by atoms with Crippen molar-refractivity contribution < 1.29 is 0 Å². The molecule has 1 atom stereocenters. The Labute approximate surface area is 60.2 Å². The zero-order chi connectivity index (χ0) is 6.27. The Morgan fingerprint density at radius 3 is 2.44 bits per heavy atom. The molecular formula is C6H10N2S.